The van der Waals surface area contributed by atoms with E-state index in [-0.39, 0.29) is 0 Å². The molecule has 1 atom stereocenters. The van der Waals surface area contributed by atoms with Crippen molar-refractivity contribution < 1.29 is 0 Å². The van der Waals surface area contributed by atoms with Crippen LogP contribution in [0.3, 0.4) is 0 Å². The third-order valence-electron chi connectivity index (χ3n) is 2.32. The van der Waals surface area contributed by atoms with Crippen LogP contribution in [0, 0.1) is 0 Å². The van der Waals surface area contributed by atoms with Crippen molar-refractivity contribution in [3.63, 3.8) is 0 Å². The Bertz CT molecular complexity index is 152. The normalized spacial score (nSPS) is 23.8. The Morgan fingerprint density at radius 1 is 1.67 bits per heavy atom. The first-order valence-electron chi connectivity index (χ1n) is 4.97. The van der Waals surface area contributed by atoms with E-state index in [1.807, 2.05) is 0 Å². The molecule has 0 saturated heterocycles. The maximum Gasteiger partial charge on any atom is 0.0164 e. The third kappa shape index (κ3) is 3.37. The monoisotopic (exact) mass is 168 g/mol. The Hall–Kier alpha value is -0.340. The predicted octanol–water partition coefficient (Wildman–Crippen LogP) is 1.42. The van der Waals surface area contributed by atoms with Crippen molar-refractivity contribution in [2.24, 2.45) is 5.73 Å². The van der Waals surface area contributed by atoms with Gasteiger partial charge >= 0.3 is 0 Å². The molecule has 0 amide bonds. The van der Waals surface area contributed by atoms with E-state index in [9.17, 15) is 0 Å². The molecule has 1 rings (SSSR count). The van der Waals surface area contributed by atoms with Crippen LogP contribution in [0.15, 0.2) is 11.6 Å². The molecule has 1 aliphatic carbocycles. The van der Waals surface area contributed by atoms with Crippen LogP contribution in [0.25, 0.3) is 0 Å². The molecule has 0 heterocycles. The van der Waals surface area contributed by atoms with Gasteiger partial charge in [0.25, 0.3) is 0 Å². The summed E-state index contributed by atoms with van der Waals surface area (Å²) in [6.45, 7) is 4.39. The molecule has 0 aromatic rings. The van der Waals surface area contributed by atoms with Gasteiger partial charge in [0.1, 0.15) is 0 Å². The van der Waals surface area contributed by atoms with E-state index in [1.165, 1.54) is 19.3 Å². The van der Waals surface area contributed by atoms with E-state index in [1.54, 1.807) is 5.57 Å². The molecular weight excluding hydrogens is 148 g/mol. The molecule has 0 radical (unpaired) electrons. The summed E-state index contributed by atoms with van der Waals surface area (Å²) in [5.74, 6) is 0. The average molecular weight is 168 g/mol. The number of rotatable bonds is 4. The van der Waals surface area contributed by atoms with E-state index >= 15 is 0 Å². The lowest BCUT2D eigenvalue weighted by Gasteiger charge is -2.18. The van der Waals surface area contributed by atoms with E-state index < -0.39 is 0 Å². The molecule has 3 N–H and O–H groups in total. The van der Waals surface area contributed by atoms with Crippen molar-refractivity contribution in [2.45, 2.75) is 38.6 Å². The molecule has 0 aromatic heterocycles. The highest BCUT2D eigenvalue weighted by Gasteiger charge is 2.08. The van der Waals surface area contributed by atoms with Crippen molar-refractivity contribution in [1.82, 2.24) is 5.32 Å². The SMILES string of the molecule is CCCNCC1=CC[C@@H](N)CC1. The van der Waals surface area contributed by atoms with E-state index in [2.05, 4.69) is 18.3 Å². The first kappa shape index (κ1) is 9.75. The van der Waals surface area contributed by atoms with Crippen LogP contribution >= 0.6 is 0 Å². The highest BCUT2D eigenvalue weighted by Crippen LogP contribution is 2.15. The Kier molecular flexibility index (Phi) is 4.33. The molecule has 12 heavy (non-hydrogen) atoms. The van der Waals surface area contributed by atoms with Gasteiger partial charge in [-0.2, -0.15) is 0 Å². The van der Waals surface area contributed by atoms with E-state index in [0.717, 1.165) is 19.5 Å². The Morgan fingerprint density at radius 3 is 3.08 bits per heavy atom. The quantitative estimate of drug-likeness (QED) is 0.492. The number of nitrogens with one attached hydrogen (secondary N) is 1. The first-order chi connectivity index (χ1) is 5.83. The second-order valence-corrected chi connectivity index (χ2v) is 3.57. The van der Waals surface area contributed by atoms with Crippen molar-refractivity contribution >= 4 is 0 Å². The zero-order valence-corrected chi connectivity index (χ0v) is 7.97. The Labute approximate surface area is 75.2 Å². The first-order valence-corrected chi connectivity index (χ1v) is 4.97. The number of hydrogen-bond donors (Lipinski definition) is 2. The average Bonchev–Trinajstić information content (AvgIpc) is 2.09. The summed E-state index contributed by atoms with van der Waals surface area (Å²) in [6, 6.07) is 0.417. The van der Waals surface area contributed by atoms with E-state index in [0.29, 0.717) is 6.04 Å². The number of hydrogen-bond acceptors (Lipinski definition) is 2. The largest absolute Gasteiger partial charge is 0.327 e. The maximum atomic E-state index is 5.79. The molecule has 0 saturated carbocycles. The van der Waals surface area contributed by atoms with Gasteiger partial charge in [0.05, 0.1) is 0 Å². The molecule has 0 spiro atoms. The maximum absolute atomic E-state index is 5.79. The Morgan fingerprint density at radius 2 is 2.50 bits per heavy atom. The molecule has 0 bridgehead atoms. The van der Waals surface area contributed by atoms with Crippen LogP contribution in [-0.4, -0.2) is 19.1 Å². The summed E-state index contributed by atoms with van der Waals surface area (Å²) in [7, 11) is 0. The summed E-state index contributed by atoms with van der Waals surface area (Å²) in [5.41, 5.74) is 7.33. The van der Waals surface area contributed by atoms with Gasteiger partial charge in [-0.3, -0.25) is 0 Å². The summed E-state index contributed by atoms with van der Waals surface area (Å²) in [5, 5.41) is 3.41. The van der Waals surface area contributed by atoms with Crippen LogP contribution in [0.5, 0.6) is 0 Å². The smallest absolute Gasteiger partial charge is 0.0164 e. The third-order valence-corrected chi connectivity index (χ3v) is 2.32. The summed E-state index contributed by atoms with van der Waals surface area (Å²) >= 11 is 0. The van der Waals surface area contributed by atoms with Crippen molar-refractivity contribution in [3.05, 3.63) is 11.6 Å². The lowest BCUT2D eigenvalue weighted by atomic mass is 9.96. The molecule has 1 aliphatic rings. The van der Waals surface area contributed by atoms with Gasteiger partial charge < -0.3 is 11.1 Å². The minimum atomic E-state index is 0.417. The molecule has 2 nitrogen and oxygen atoms in total. The van der Waals surface area contributed by atoms with Gasteiger partial charge in [0.15, 0.2) is 0 Å². The van der Waals surface area contributed by atoms with Gasteiger partial charge in [0.2, 0.25) is 0 Å². The second-order valence-electron chi connectivity index (χ2n) is 3.57. The van der Waals surface area contributed by atoms with Crippen molar-refractivity contribution in [3.8, 4) is 0 Å². The molecule has 0 unspecified atom stereocenters. The van der Waals surface area contributed by atoms with Crippen LogP contribution in [0.2, 0.25) is 0 Å². The van der Waals surface area contributed by atoms with Gasteiger partial charge in [-0.05, 0) is 32.2 Å². The Balaban J connectivity index is 2.15. The van der Waals surface area contributed by atoms with Crippen molar-refractivity contribution in [2.75, 3.05) is 13.1 Å². The molecule has 2 heteroatoms. The standard InChI is InChI=1S/C10H20N2/c1-2-7-12-8-9-3-5-10(11)6-4-9/h3,10,12H,2,4-8,11H2,1H3/t10-/m1/s1. The lowest BCUT2D eigenvalue weighted by molar-refractivity contribution is 0.571. The lowest BCUT2D eigenvalue weighted by Crippen LogP contribution is -2.25. The minimum absolute atomic E-state index is 0.417. The molecule has 0 aromatic carbocycles. The zero-order chi connectivity index (χ0) is 8.81. The van der Waals surface area contributed by atoms with E-state index in [4.69, 9.17) is 5.73 Å². The second kappa shape index (κ2) is 5.33. The highest BCUT2D eigenvalue weighted by molar-refractivity contribution is 5.09. The van der Waals surface area contributed by atoms with Gasteiger partial charge in [-0.1, -0.05) is 18.6 Å². The molecule has 0 fully saturated rings. The molecular formula is C10H20N2. The van der Waals surface area contributed by atoms with Gasteiger partial charge in [0, 0.05) is 12.6 Å². The van der Waals surface area contributed by atoms with Crippen LogP contribution in [0.4, 0.5) is 0 Å². The van der Waals surface area contributed by atoms with Crippen LogP contribution in [-0.2, 0) is 0 Å². The van der Waals surface area contributed by atoms with Crippen molar-refractivity contribution in [1.29, 1.82) is 0 Å². The fourth-order valence-corrected chi connectivity index (χ4v) is 1.50. The highest BCUT2D eigenvalue weighted by atomic mass is 14.8. The summed E-state index contributed by atoms with van der Waals surface area (Å²) in [6.07, 6.45) is 6.95. The van der Waals surface area contributed by atoms with Crippen LogP contribution in [0.1, 0.15) is 32.6 Å². The van der Waals surface area contributed by atoms with Gasteiger partial charge in [-0.25, -0.2) is 0 Å². The zero-order valence-electron chi connectivity index (χ0n) is 7.97. The fraction of sp³-hybridized carbons (Fsp3) is 0.800. The summed E-state index contributed by atoms with van der Waals surface area (Å²) < 4.78 is 0. The fourth-order valence-electron chi connectivity index (χ4n) is 1.50. The molecule has 70 valence electrons. The minimum Gasteiger partial charge on any atom is -0.327 e. The topological polar surface area (TPSA) is 38.0 Å². The molecule has 0 aliphatic heterocycles. The number of nitrogens with two attached hydrogens (primary N) is 1. The predicted molar refractivity (Wildman–Crippen MR) is 53.1 cm³/mol. The van der Waals surface area contributed by atoms with Gasteiger partial charge in [-0.15, -0.1) is 0 Å². The summed E-state index contributed by atoms with van der Waals surface area (Å²) in [4.78, 5) is 0. The van der Waals surface area contributed by atoms with Crippen LogP contribution < -0.4 is 11.1 Å².